The third kappa shape index (κ3) is 3.75. The summed E-state index contributed by atoms with van der Waals surface area (Å²) >= 11 is 0. The SMILES string of the molecule is COC(=O)[C@H](C[C@H](C)C#N)NC(=O)c1c2ccccc2cc2ccccc12. The highest BCUT2D eigenvalue weighted by Gasteiger charge is 2.26. The monoisotopic (exact) mass is 360 g/mol. The lowest BCUT2D eigenvalue weighted by Crippen LogP contribution is -2.42. The highest BCUT2D eigenvalue weighted by molar-refractivity contribution is 6.18. The quantitative estimate of drug-likeness (QED) is 0.554. The van der Waals surface area contributed by atoms with Gasteiger partial charge in [0.15, 0.2) is 0 Å². The maximum atomic E-state index is 13.2. The van der Waals surface area contributed by atoms with Crippen LogP contribution < -0.4 is 5.32 Å². The van der Waals surface area contributed by atoms with Crippen LogP contribution >= 0.6 is 0 Å². The molecule has 0 saturated carbocycles. The number of amides is 1. The molecule has 136 valence electrons. The summed E-state index contributed by atoms with van der Waals surface area (Å²) in [5, 5.41) is 15.3. The van der Waals surface area contributed by atoms with Gasteiger partial charge in [-0.3, -0.25) is 4.79 Å². The first-order valence-electron chi connectivity index (χ1n) is 8.74. The first-order chi connectivity index (χ1) is 13.0. The van der Waals surface area contributed by atoms with Crippen LogP contribution in [0, 0.1) is 17.2 Å². The number of carbonyl (C=O) groups is 2. The predicted molar refractivity (Wildman–Crippen MR) is 104 cm³/mol. The Morgan fingerprint density at radius 2 is 1.63 bits per heavy atom. The van der Waals surface area contributed by atoms with Crippen LogP contribution in [-0.2, 0) is 9.53 Å². The Kier molecular flexibility index (Phi) is 5.37. The Bertz CT molecular complexity index is 998. The molecule has 0 aliphatic heterocycles. The van der Waals surface area contributed by atoms with Gasteiger partial charge in [-0.2, -0.15) is 5.26 Å². The van der Waals surface area contributed by atoms with Crippen LogP contribution in [0.2, 0.25) is 0 Å². The third-order valence-corrected chi connectivity index (χ3v) is 4.60. The van der Waals surface area contributed by atoms with Crippen LogP contribution in [0.15, 0.2) is 54.6 Å². The standard InChI is InChI=1S/C22H20N2O3/c1-14(13-23)11-19(22(26)27-2)24-21(25)20-17-9-5-3-7-15(17)12-16-8-4-6-10-18(16)20/h3-10,12,14,19H,11H2,1-2H3,(H,24,25)/t14-,19-/m0/s1. The second kappa shape index (κ2) is 7.88. The average Bonchev–Trinajstić information content (AvgIpc) is 2.70. The van der Waals surface area contributed by atoms with E-state index >= 15 is 0 Å². The average molecular weight is 360 g/mol. The van der Waals surface area contributed by atoms with E-state index in [0.717, 1.165) is 21.5 Å². The van der Waals surface area contributed by atoms with Crippen molar-refractivity contribution >= 4 is 33.4 Å². The van der Waals surface area contributed by atoms with Gasteiger partial charge in [0.25, 0.3) is 5.91 Å². The maximum Gasteiger partial charge on any atom is 0.328 e. The largest absolute Gasteiger partial charge is 0.467 e. The molecule has 1 N–H and O–H groups in total. The van der Waals surface area contributed by atoms with E-state index in [1.165, 1.54) is 7.11 Å². The number of hydrogen-bond donors (Lipinski definition) is 1. The molecule has 0 aliphatic carbocycles. The number of ether oxygens (including phenoxy) is 1. The lowest BCUT2D eigenvalue weighted by Gasteiger charge is -2.19. The van der Waals surface area contributed by atoms with Crippen molar-refractivity contribution in [1.82, 2.24) is 5.32 Å². The molecule has 0 fully saturated rings. The first-order valence-corrected chi connectivity index (χ1v) is 8.74. The number of carbonyl (C=O) groups excluding carboxylic acids is 2. The first kappa shape index (κ1) is 18.4. The summed E-state index contributed by atoms with van der Waals surface area (Å²) in [5.74, 6) is -1.31. The Labute approximate surface area is 157 Å². The predicted octanol–water partition coefficient (Wildman–Crippen LogP) is 3.81. The number of benzene rings is 3. The molecule has 3 rings (SSSR count). The molecule has 27 heavy (non-hydrogen) atoms. The summed E-state index contributed by atoms with van der Waals surface area (Å²) in [7, 11) is 1.27. The van der Waals surface area contributed by atoms with Gasteiger partial charge in [-0.05, 0) is 41.0 Å². The van der Waals surface area contributed by atoms with E-state index in [1.54, 1.807) is 6.92 Å². The minimum atomic E-state index is -0.880. The van der Waals surface area contributed by atoms with Crippen molar-refractivity contribution in [3.63, 3.8) is 0 Å². The number of rotatable bonds is 5. The van der Waals surface area contributed by atoms with E-state index < -0.39 is 17.9 Å². The van der Waals surface area contributed by atoms with Crippen LogP contribution in [0.5, 0.6) is 0 Å². The maximum absolute atomic E-state index is 13.2. The number of nitrogens with one attached hydrogen (secondary N) is 1. The van der Waals surface area contributed by atoms with Crippen molar-refractivity contribution in [3.05, 3.63) is 60.2 Å². The van der Waals surface area contributed by atoms with E-state index in [1.807, 2.05) is 54.6 Å². The Morgan fingerprint density at radius 3 is 2.15 bits per heavy atom. The Balaban J connectivity index is 2.08. The highest BCUT2D eigenvalue weighted by Crippen LogP contribution is 2.28. The van der Waals surface area contributed by atoms with Crippen molar-refractivity contribution in [1.29, 1.82) is 5.26 Å². The molecule has 1 amide bonds. The molecular formula is C22H20N2O3. The van der Waals surface area contributed by atoms with Crippen LogP contribution in [-0.4, -0.2) is 25.0 Å². The van der Waals surface area contributed by atoms with E-state index in [2.05, 4.69) is 11.4 Å². The molecule has 3 aromatic rings. The molecule has 0 unspecified atom stereocenters. The van der Waals surface area contributed by atoms with Crippen molar-refractivity contribution < 1.29 is 14.3 Å². The summed E-state index contributed by atoms with van der Waals surface area (Å²) in [5.41, 5.74) is 0.516. The Morgan fingerprint density at radius 1 is 1.07 bits per heavy atom. The van der Waals surface area contributed by atoms with E-state index in [4.69, 9.17) is 10.00 Å². The molecule has 0 aliphatic rings. The van der Waals surface area contributed by atoms with Gasteiger partial charge in [0.05, 0.1) is 18.7 Å². The van der Waals surface area contributed by atoms with Gasteiger partial charge in [0.2, 0.25) is 0 Å². The lowest BCUT2D eigenvalue weighted by molar-refractivity contribution is -0.143. The molecule has 5 nitrogen and oxygen atoms in total. The number of nitriles is 1. The van der Waals surface area contributed by atoms with E-state index in [-0.39, 0.29) is 12.3 Å². The molecule has 0 radical (unpaired) electrons. The fourth-order valence-electron chi connectivity index (χ4n) is 3.25. The molecule has 2 atom stereocenters. The summed E-state index contributed by atoms with van der Waals surface area (Å²) in [6, 6.07) is 18.5. The summed E-state index contributed by atoms with van der Waals surface area (Å²) in [6.45, 7) is 1.70. The minimum Gasteiger partial charge on any atom is -0.467 e. The molecule has 0 aromatic heterocycles. The summed E-state index contributed by atoms with van der Waals surface area (Å²) < 4.78 is 4.81. The molecule has 0 heterocycles. The summed E-state index contributed by atoms with van der Waals surface area (Å²) in [6.07, 6.45) is 0.192. The molecule has 0 bridgehead atoms. The molecule has 0 saturated heterocycles. The second-order valence-electron chi connectivity index (χ2n) is 6.51. The zero-order valence-electron chi connectivity index (χ0n) is 15.2. The lowest BCUT2D eigenvalue weighted by atomic mass is 9.95. The van der Waals surface area contributed by atoms with Crippen LogP contribution in [0.25, 0.3) is 21.5 Å². The second-order valence-corrected chi connectivity index (χ2v) is 6.51. The third-order valence-electron chi connectivity index (χ3n) is 4.60. The van der Waals surface area contributed by atoms with Gasteiger partial charge in [-0.15, -0.1) is 0 Å². The Hall–Kier alpha value is -3.39. The van der Waals surface area contributed by atoms with Crippen molar-refractivity contribution in [2.45, 2.75) is 19.4 Å². The van der Waals surface area contributed by atoms with Crippen LogP contribution in [0.4, 0.5) is 0 Å². The fourth-order valence-corrected chi connectivity index (χ4v) is 3.25. The van der Waals surface area contributed by atoms with Gasteiger partial charge in [0, 0.05) is 5.92 Å². The summed E-state index contributed by atoms with van der Waals surface area (Å²) in [4.78, 5) is 25.3. The molecule has 3 aromatic carbocycles. The fraction of sp³-hybridized carbons (Fsp3) is 0.227. The van der Waals surface area contributed by atoms with Gasteiger partial charge < -0.3 is 10.1 Å². The van der Waals surface area contributed by atoms with Crippen molar-refractivity contribution in [2.24, 2.45) is 5.92 Å². The van der Waals surface area contributed by atoms with Gasteiger partial charge in [-0.25, -0.2) is 4.79 Å². The number of methoxy groups -OCH3 is 1. The zero-order chi connectivity index (χ0) is 19.4. The van der Waals surface area contributed by atoms with Gasteiger partial charge in [0.1, 0.15) is 6.04 Å². The van der Waals surface area contributed by atoms with E-state index in [9.17, 15) is 9.59 Å². The molecular weight excluding hydrogens is 340 g/mol. The topological polar surface area (TPSA) is 79.2 Å². The highest BCUT2D eigenvalue weighted by atomic mass is 16.5. The van der Waals surface area contributed by atoms with Crippen molar-refractivity contribution in [2.75, 3.05) is 7.11 Å². The van der Waals surface area contributed by atoms with E-state index in [0.29, 0.717) is 5.56 Å². The van der Waals surface area contributed by atoms with Crippen molar-refractivity contribution in [3.8, 4) is 6.07 Å². The number of esters is 1. The van der Waals surface area contributed by atoms with Crippen LogP contribution in [0.1, 0.15) is 23.7 Å². The number of fused-ring (bicyclic) bond motifs is 2. The molecule has 5 heteroatoms. The van der Waals surface area contributed by atoms with Gasteiger partial charge >= 0.3 is 5.97 Å². The van der Waals surface area contributed by atoms with Gasteiger partial charge in [-0.1, -0.05) is 48.5 Å². The minimum absolute atomic E-state index is 0.192. The normalized spacial score (nSPS) is 12.9. The van der Waals surface area contributed by atoms with Crippen LogP contribution in [0.3, 0.4) is 0 Å². The number of nitrogens with zero attached hydrogens (tertiary/aromatic N) is 1. The smallest absolute Gasteiger partial charge is 0.328 e. The zero-order valence-corrected chi connectivity index (χ0v) is 15.2. The molecule has 0 spiro atoms. The number of hydrogen-bond acceptors (Lipinski definition) is 4.